The Morgan fingerprint density at radius 2 is 1.68 bits per heavy atom. The van der Waals surface area contributed by atoms with E-state index in [1.807, 2.05) is 24.3 Å². The van der Waals surface area contributed by atoms with Crippen LogP contribution in [0, 0.1) is 0 Å². The molecule has 2 atom stereocenters. The van der Waals surface area contributed by atoms with E-state index in [9.17, 15) is 14.7 Å². The van der Waals surface area contributed by atoms with E-state index in [0.29, 0.717) is 13.0 Å². The number of aliphatic carboxylic acids is 1. The predicted molar refractivity (Wildman–Crippen MR) is 105 cm³/mol. The summed E-state index contributed by atoms with van der Waals surface area (Å²) in [6.45, 7) is 0.796. The molecule has 2 aromatic carbocycles. The summed E-state index contributed by atoms with van der Waals surface area (Å²) < 4.78 is 5.51. The fraction of sp³-hybridized carbons (Fsp3) is 0.333. The van der Waals surface area contributed by atoms with Gasteiger partial charge >= 0.3 is 6.09 Å². The Kier molecular flexibility index (Phi) is 6.21. The summed E-state index contributed by atoms with van der Waals surface area (Å²) in [6, 6.07) is 16.1. The van der Waals surface area contributed by atoms with Gasteiger partial charge in [-0.3, -0.25) is 0 Å². The number of carbonyl (C=O) groups is 2. The van der Waals surface area contributed by atoms with E-state index >= 15 is 0 Å². The van der Waals surface area contributed by atoms with E-state index in [4.69, 9.17) is 4.74 Å². The maximum Gasteiger partial charge on any atom is 0.407 e. The van der Waals surface area contributed by atoms with Crippen molar-refractivity contribution in [3.05, 3.63) is 59.7 Å². The number of carboxylic acid groups (broad SMARTS) is 1. The van der Waals surface area contributed by atoms with Gasteiger partial charge in [-0.25, -0.2) is 4.79 Å². The molecule has 4 rings (SSSR count). The molecule has 2 aliphatic rings. The molecule has 0 aromatic heterocycles. The summed E-state index contributed by atoms with van der Waals surface area (Å²) in [5.41, 5.74) is 4.71. The van der Waals surface area contributed by atoms with Gasteiger partial charge in [-0.2, -0.15) is 0 Å². The number of amides is 1. The van der Waals surface area contributed by atoms with Crippen molar-refractivity contribution in [3.63, 3.8) is 0 Å². The van der Waals surface area contributed by atoms with Crippen molar-refractivity contribution in [3.8, 4) is 11.1 Å². The van der Waals surface area contributed by atoms with E-state index in [-0.39, 0.29) is 43.4 Å². The second-order valence-corrected chi connectivity index (χ2v) is 7.08. The first kappa shape index (κ1) is 20.2. The van der Waals surface area contributed by atoms with Crippen LogP contribution in [0.2, 0.25) is 0 Å². The van der Waals surface area contributed by atoms with Gasteiger partial charge in [0.25, 0.3) is 0 Å². The Hall–Kier alpha value is -2.57. The van der Waals surface area contributed by atoms with Crippen LogP contribution in [0.4, 0.5) is 4.79 Å². The van der Waals surface area contributed by atoms with Crippen LogP contribution in [0.1, 0.15) is 29.9 Å². The molecular formula is C21H22ClN2O4-. The Balaban J connectivity index is 0.00000225. The van der Waals surface area contributed by atoms with Crippen molar-refractivity contribution >= 4 is 24.5 Å². The zero-order valence-corrected chi connectivity index (χ0v) is 16.0. The van der Waals surface area contributed by atoms with Gasteiger partial charge in [0.1, 0.15) is 6.61 Å². The van der Waals surface area contributed by atoms with Gasteiger partial charge in [0.05, 0.1) is 0 Å². The Morgan fingerprint density at radius 1 is 1.07 bits per heavy atom. The molecule has 0 radical (unpaired) electrons. The maximum atomic E-state index is 12.2. The van der Waals surface area contributed by atoms with E-state index < -0.39 is 12.1 Å². The highest BCUT2D eigenvalue weighted by molar-refractivity contribution is 5.85. The maximum absolute atomic E-state index is 12.2. The van der Waals surface area contributed by atoms with E-state index in [0.717, 1.165) is 0 Å². The number of hydrogen-bond donors (Lipinski definition) is 2. The molecule has 7 heteroatoms. The normalized spacial score (nSPS) is 20.0. The molecule has 0 saturated carbocycles. The summed E-state index contributed by atoms with van der Waals surface area (Å²) in [5.74, 6) is -1.06. The van der Waals surface area contributed by atoms with Crippen molar-refractivity contribution in [2.75, 3.05) is 13.2 Å². The van der Waals surface area contributed by atoms with Gasteiger partial charge in [-0.15, -0.1) is 12.4 Å². The van der Waals surface area contributed by atoms with Gasteiger partial charge in [0.15, 0.2) is 0 Å². The Morgan fingerprint density at radius 3 is 2.29 bits per heavy atom. The average molecular weight is 402 g/mol. The fourth-order valence-electron chi connectivity index (χ4n) is 4.09. The third-order valence-corrected chi connectivity index (χ3v) is 5.30. The van der Waals surface area contributed by atoms with Crippen LogP contribution >= 0.6 is 12.4 Å². The third kappa shape index (κ3) is 4.13. The number of carbonyl (C=O) groups excluding carboxylic acids is 2. The number of ether oxygens (including phenoxy) is 1. The van der Waals surface area contributed by atoms with Gasteiger partial charge in [0, 0.05) is 36.9 Å². The third-order valence-electron chi connectivity index (χ3n) is 5.30. The minimum absolute atomic E-state index is 0. The molecule has 1 fully saturated rings. The SMILES string of the molecule is Cl.O=C([O-])C[C@@H]1C[C@H](NC(=O)OCC2c3ccccc3-c3ccccc32)CN1. The topological polar surface area (TPSA) is 90.5 Å². The van der Waals surface area contributed by atoms with Crippen LogP contribution in [0.3, 0.4) is 0 Å². The molecule has 1 saturated heterocycles. The average Bonchev–Trinajstić information content (AvgIpc) is 3.21. The van der Waals surface area contributed by atoms with Gasteiger partial charge in [-0.1, -0.05) is 48.5 Å². The molecule has 1 heterocycles. The summed E-state index contributed by atoms with van der Waals surface area (Å²) in [4.78, 5) is 22.9. The molecule has 1 aliphatic carbocycles. The zero-order valence-electron chi connectivity index (χ0n) is 15.2. The van der Waals surface area contributed by atoms with E-state index in [1.165, 1.54) is 22.3 Å². The van der Waals surface area contributed by atoms with Gasteiger partial charge < -0.3 is 25.3 Å². The minimum atomic E-state index is -1.09. The largest absolute Gasteiger partial charge is 0.550 e. The minimum Gasteiger partial charge on any atom is -0.550 e. The predicted octanol–water partition coefficient (Wildman–Crippen LogP) is 1.82. The molecule has 6 nitrogen and oxygen atoms in total. The first-order chi connectivity index (χ1) is 13.1. The number of halogens is 1. The molecule has 28 heavy (non-hydrogen) atoms. The number of nitrogens with one attached hydrogen (secondary N) is 2. The smallest absolute Gasteiger partial charge is 0.407 e. The van der Waals surface area contributed by atoms with Crippen LogP contribution in [0.5, 0.6) is 0 Å². The monoisotopic (exact) mass is 401 g/mol. The molecule has 0 unspecified atom stereocenters. The highest BCUT2D eigenvalue weighted by atomic mass is 35.5. The lowest BCUT2D eigenvalue weighted by atomic mass is 9.98. The van der Waals surface area contributed by atoms with Crippen LogP contribution < -0.4 is 15.7 Å². The van der Waals surface area contributed by atoms with E-state index in [1.54, 1.807) is 0 Å². The standard InChI is InChI=1S/C21H22N2O4.ClH/c24-20(25)10-13-9-14(11-22-13)23-21(26)27-12-19-17-7-3-1-5-15(17)16-6-2-4-8-18(16)19;/h1-8,13-14,19,22H,9-12H2,(H,23,26)(H,24,25);1H/p-1/t13-,14-;/m0./s1. The lowest BCUT2D eigenvalue weighted by Gasteiger charge is -2.16. The Bertz CT molecular complexity index is 827. The molecule has 148 valence electrons. The highest BCUT2D eigenvalue weighted by Crippen LogP contribution is 2.44. The van der Waals surface area contributed by atoms with Crippen molar-refractivity contribution in [2.45, 2.75) is 30.8 Å². The van der Waals surface area contributed by atoms with Crippen LogP contribution in [0.25, 0.3) is 11.1 Å². The quantitative estimate of drug-likeness (QED) is 0.797. The molecule has 1 aliphatic heterocycles. The van der Waals surface area contributed by atoms with Crippen molar-refractivity contribution in [2.24, 2.45) is 0 Å². The van der Waals surface area contributed by atoms with E-state index in [2.05, 4.69) is 34.9 Å². The number of alkyl carbamates (subject to hydrolysis) is 1. The van der Waals surface area contributed by atoms with Gasteiger partial charge in [0.2, 0.25) is 0 Å². The molecule has 2 aromatic rings. The summed E-state index contributed by atoms with van der Waals surface area (Å²) >= 11 is 0. The number of carboxylic acids is 1. The number of rotatable bonds is 5. The summed E-state index contributed by atoms with van der Waals surface area (Å²) in [6.07, 6.45) is 0.0267. The van der Waals surface area contributed by atoms with Crippen LogP contribution in [-0.2, 0) is 9.53 Å². The molecule has 1 amide bonds. The van der Waals surface area contributed by atoms with Crippen molar-refractivity contribution in [1.82, 2.24) is 10.6 Å². The molecule has 0 bridgehead atoms. The lowest BCUT2D eigenvalue weighted by Crippen LogP contribution is -2.37. The molecular weight excluding hydrogens is 380 g/mol. The summed E-state index contributed by atoms with van der Waals surface area (Å²) in [5, 5.41) is 16.6. The lowest BCUT2D eigenvalue weighted by molar-refractivity contribution is -0.306. The van der Waals surface area contributed by atoms with Crippen LogP contribution in [0.15, 0.2) is 48.5 Å². The number of fused-ring (bicyclic) bond motifs is 3. The number of hydrogen-bond acceptors (Lipinski definition) is 5. The number of benzene rings is 2. The molecule has 0 spiro atoms. The fourth-order valence-corrected chi connectivity index (χ4v) is 4.09. The summed E-state index contributed by atoms with van der Waals surface area (Å²) in [7, 11) is 0. The van der Waals surface area contributed by atoms with Crippen molar-refractivity contribution < 1.29 is 19.4 Å². The Labute approximate surface area is 169 Å². The second-order valence-electron chi connectivity index (χ2n) is 7.08. The second kappa shape index (κ2) is 8.63. The van der Waals surface area contributed by atoms with Gasteiger partial charge in [-0.05, 0) is 28.7 Å². The highest BCUT2D eigenvalue weighted by Gasteiger charge is 2.30. The molecule has 2 N–H and O–H groups in total. The zero-order chi connectivity index (χ0) is 18.8. The first-order valence-electron chi connectivity index (χ1n) is 9.16. The first-order valence-corrected chi connectivity index (χ1v) is 9.16. The van der Waals surface area contributed by atoms with Crippen molar-refractivity contribution in [1.29, 1.82) is 0 Å². The van der Waals surface area contributed by atoms with Crippen LogP contribution in [-0.4, -0.2) is 37.3 Å².